The largest absolute Gasteiger partial charge is 0.350 e. The molecule has 0 bridgehead atoms. The molecular weight excluding hydrogens is 370 g/mol. The van der Waals surface area contributed by atoms with Crippen LogP contribution in [-0.2, 0) is 10.0 Å². The number of sulfonamides is 1. The maximum absolute atomic E-state index is 12.8. The second-order valence-corrected chi connectivity index (χ2v) is 7.79. The van der Waals surface area contributed by atoms with Gasteiger partial charge < -0.3 is 5.32 Å². The standard InChI is InChI=1S/C18H21N3O5S/c1-4-13(3)19-18(22)15-7-5-6-8-16(15)20-27(25,26)17-11-14(21(23)24)10-9-12(17)2/h5-11,13,20H,4H2,1-3H3,(H,19,22). The van der Waals surface area contributed by atoms with Crippen LogP contribution in [0.4, 0.5) is 11.4 Å². The monoisotopic (exact) mass is 391 g/mol. The van der Waals surface area contributed by atoms with Crippen molar-refractivity contribution in [1.29, 1.82) is 0 Å². The van der Waals surface area contributed by atoms with E-state index in [-0.39, 0.29) is 27.9 Å². The van der Waals surface area contributed by atoms with Gasteiger partial charge in [-0.3, -0.25) is 19.6 Å². The fraction of sp³-hybridized carbons (Fsp3) is 0.278. The molecule has 2 N–H and O–H groups in total. The number of nitrogens with one attached hydrogen (secondary N) is 2. The van der Waals surface area contributed by atoms with Crippen molar-refractivity contribution in [3.63, 3.8) is 0 Å². The highest BCUT2D eigenvalue weighted by molar-refractivity contribution is 7.92. The Hall–Kier alpha value is -2.94. The molecule has 0 aromatic heterocycles. The highest BCUT2D eigenvalue weighted by Crippen LogP contribution is 2.25. The molecule has 0 spiro atoms. The minimum absolute atomic E-state index is 0.0684. The summed E-state index contributed by atoms with van der Waals surface area (Å²) in [5.41, 5.74) is 0.298. The first kappa shape index (κ1) is 20.4. The fourth-order valence-corrected chi connectivity index (χ4v) is 3.71. The summed E-state index contributed by atoms with van der Waals surface area (Å²) in [4.78, 5) is 22.5. The van der Waals surface area contributed by atoms with E-state index in [4.69, 9.17) is 0 Å². The normalized spacial score (nSPS) is 12.3. The van der Waals surface area contributed by atoms with E-state index in [1.165, 1.54) is 24.3 Å². The molecule has 2 aromatic carbocycles. The Morgan fingerprint density at radius 1 is 1.22 bits per heavy atom. The van der Waals surface area contributed by atoms with Crippen molar-refractivity contribution in [1.82, 2.24) is 5.32 Å². The first-order valence-electron chi connectivity index (χ1n) is 8.33. The van der Waals surface area contributed by atoms with Crippen molar-refractivity contribution < 1.29 is 18.1 Å². The van der Waals surface area contributed by atoms with Gasteiger partial charge in [-0.05, 0) is 38.0 Å². The number of non-ortho nitro benzene ring substituents is 1. The zero-order chi connectivity index (χ0) is 20.2. The van der Waals surface area contributed by atoms with E-state index in [0.29, 0.717) is 5.56 Å². The van der Waals surface area contributed by atoms with Gasteiger partial charge in [-0.1, -0.05) is 25.1 Å². The van der Waals surface area contributed by atoms with E-state index in [0.717, 1.165) is 12.5 Å². The maximum Gasteiger partial charge on any atom is 0.270 e. The third-order valence-corrected chi connectivity index (χ3v) is 5.59. The lowest BCUT2D eigenvalue weighted by atomic mass is 10.1. The Morgan fingerprint density at radius 2 is 1.89 bits per heavy atom. The summed E-state index contributed by atoms with van der Waals surface area (Å²) in [6.45, 7) is 5.31. The first-order chi connectivity index (χ1) is 12.7. The Balaban J connectivity index is 2.41. The summed E-state index contributed by atoms with van der Waals surface area (Å²) in [6.07, 6.45) is 0.729. The molecule has 0 aliphatic carbocycles. The smallest absolute Gasteiger partial charge is 0.270 e. The van der Waals surface area contributed by atoms with E-state index in [9.17, 15) is 23.3 Å². The lowest BCUT2D eigenvalue weighted by Gasteiger charge is -2.16. The van der Waals surface area contributed by atoms with Gasteiger partial charge in [0.25, 0.3) is 21.6 Å². The molecule has 0 radical (unpaired) electrons. The van der Waals surface area contributed by atoms with Gasteiger partial charge in [0.2, 0.25) is 0 Å². The van der Waals surface area contributed by atoms with Gasteiger partial charge >= 0.3 is 0 Å². The summed E-state index contributed by atoms with van der Waals surface area (Å²) in [5, 5.41) is 13.7. The highest BCUT2D eigenvalue weighted by Gasteiger charge is 2.23. The molecule has 144 valence electrons. The molecule has 2 rings (SSSR count). The molecule has 8 nitrogen and oxygen atoms in total. The van der Waals surface area contributed by atoms with Gasteiger partial charge in [0.1, 0.15) is 0 Å². The first-order valence-corrected chi connectivity index (χ1v) is 9.81. The number of hydrogen-bond donors (Lipinski definition) is 2. The van der Waals surface area contributed by atoms with Crippen molar-refractivity contribution in [2.45, 2.75) is 38.1 Å². The number of nitro groups is 1. The zero-order valence-electron chi connectivity index (χ0n) is 15.2. The summed E-state index contributed by atoms with van der Waals surface area (Å²) in [6, 6.07) is 9.74. The van der Waals surface area contributed by atoms with Crippen LogP contribution in [0.1, 0.15) is 36.2 Å². The number of nitro benzene ring substituents is 1. The van der Waals surface area contributed by atoms with Crippen LogP contribution >= 0.6 is 0 Å². The molecule has 27 heavy (non-hydrogen) atoms. The number of aryl methyl sites for hydroxylation is 1. The number of hydrogen-bond acceptors (Lipinski definition) is 5. The van der Waals surface area contributed by atoms with Crippen LogP contribution in [0.5, 0.6) is 0 Å². The number of rotatable bonds is 7. The third-order valence-electron chi connectivity index (χ3n) is 4.08. The van der Waals surface area contributed by atoms with Gasteiger partial charge in [-0.15, -0.1) is 0 Å². The van der Waals surface area contributed by atoms with E-state index in [2.05, 4.69) is 10.0 Å². The molecule has 1 amide bonds. The summed E-state index contributed by atoms with van der Waals surface area (Å²) < 4.78 is 27.9. The Kier molecular flexibility index (Phi) is 6.17. The number of nitrogens with zero attached hydrogens (tertiary/aromatic N) is 1. The second-order valence-electron chi connectivity index (χ2n) is 6.14. The van der Waals surface area contributed by atoms with Gasteiger partial charge in [-0.2, -0.15) is 0 Å². The summed E-state index contributed by atoms with van der Waals surface area (Å²) >= 11 is 0. The molecule has 9 heteroatoms. The lowest BCUT2D eigenvalue weighted by molar-refractivity contribution is -0.385. The predicted octanol–water partition coefficient (Wildman–Crippen LogP) is 3.23. The second kappa shape index (κ2) is 8.17. The van der Waals surface area contributed by atoms with Crippen LogP contribution in [-0.4, -0.2) is 25.3 Å². The number of anilines is 1. The van der Waals surface area contributed by atoms with E-state index in [1.54, 1.807) is 19.1 Å². The van der Waals surface area contributed by atoms with E-state index in [1.807, 2.05) is 13.8 Å². The number of amides is 1. The van der Waals surface area contributed by atoms with Crippen molar-refractivity contribution in [3.05, 3.63) is 63.7 Å². The molecule has 0 saturated carbocycles. The molecule has 1 unspecified atom stereocenters. The summed E-state index contributed by atoms with van der Waals surface area (Å²) in [7, 11) is -4.12. The topological polar surface area (TPSA) is 118 Å². The molecule has 0 heterocycles. The maximum atomic E-state index is 12.8. The zero-order valence-corrected chi connectivity index (χ0v) is 16.0. The van der Waals surface area contributed by atoms with Crippen molar-refractivity contribution in [3.8, 4) is 0 Å². The van der Waals surface area contributed by atoms with Gasteiger partial charge in [0, 0.05) is 18.2 Å². The number of benzene rings is 2. The van der Waals surface area contributed by atoms with E-state index < -0.39 is 20.9 Å². The van der Waals surface area contributed by atoms with Crippen molar-refractivity contribution in [2.75, 3.05) is 4.72 Å². The third kappa shape index (κ3) is 4.82. The van der Waals surface area contributed by atoms with Gasteiger partial charge in [-0.25, -0.2) is 8.42 Å². The average Bonchev–Trinajstić information content (AvgIpc) is 2.61. The van der Waals surface area contributed by atoms with Crippen molar-refractivity contribution >= 4 is 27.3 Å². The van der Waals surface area contributed by atoms with Gasteiger partial charge in [0.05, 0.1) is 21.1 Å². The van der Waals surface area contributed by atoms with Crippen LogP contribution < -0.4 is 10.0 Å². The van der Waals surface area contributed by atoms with E-state index >= 15 is 0 Å². The fourth-order valence-electron chi connectivity index (χ4n) is 2.37. The Morgan fingerprint density at radius 3 is 2.52 bits per heavy atom. The molecule has 2 aromatic rings. The lowest BCUT2D eigenvalue weighted by Crippen LogP contribution is -2.32. The minimum Gasteiger partial charge on any atom is -0.350 e. The quantitative estimate of drug-likeness (QED) is 0.555. The number of carbonyl (C=O) groups excluding carboxylic acids is 1. The molecule has 0 fully saturated rings. The molecule has 0 saturated heterocycles. The van der Waals surface area contributed by atoms with Crippen LogP contribution in [0.2, 0.25) is 0 Å². The number of para-hydroxylation sites is 1. The summed E-state index contributed by atoms with van der Waals surface area (Å²) in [5.74, 6) is -0.404. The molecular formula is C18H21N3O5S. The number of carbonyl (C=O) groups is 1. The Labute approximate surface area is 157 Å². The van der Waals surface area contributed by atoms with Crippen LogP contribution in [0.3, 0.4) is 0 Å². The van der Waals surface area contributed by atoms with Crippen LogP contribution in [0.15, 0.2) is 47.4 Å². The van der Waals surface area contributed by atoms with Crippen LogP contribution in [0, 0.1) is 17.0 Å². The molecule has 0 aliphatic rings. The molecule has 1 atom stereocenters. The minimum atomic E-state index is -4.12. The van der Waals surface area contributed by atoms with Crippen LogP contribution in [0.25, 0.3) is 0 Å². The van der Waals surface area contributed by atoms with Gasteiger partial charge in [0.15, 0.2) is 0 Å². The predicted molar refractivity (Wildman–Crippen MR) is 102 cm³/mol. The Bertz CT molecular complexity index is 973. The highest BCUT2D eigenvalue weighted by atomic mass is 32.2. The SMILES string of the molecule is CCC(C)NC(=O)c1ccccc1NS(=O)(=O)c1cc([N+](=O)[O-])ccc1C. The van der Waals surface area contributed by atoms with Crippen molar-refractivity contribution in [2.24, 2.45) is 0 Å². The average molecular weight is 391 g/mol. The molecule has 0 aliphatic heterocycles.